The number of carbonyl (C=O) groups excluding carboxylic acids is 1. The van der Waals surface area contributed by atoms with Gasteiger partial charge in [-0.1, -0.05) is 38.1 Å². The van der Waals surface area contributed by atoms with Gasteiger partial charge < -0.3 is 10.6 Å². The van der Waals surface area contributed by atoms with Gasteiger partial charge in [-0.25, -0.2) is 0 Å². The van der Waals surface area contributed by atoms with Gasteiger partial charge in [0.1, 0.15) is 0 Å². The van der Waals surface area contributed by atoms with Crippen molar-refractivity contribution in [3.8, 4) is 0 Å². The lowest BCUT2D eigenvalue weighted by Crippen LogP contribution is -2.41. The van der Waals surface area contributed by atoms with Crippen LogP contribution in [-0.4, -0.2) is 18.5 Å². The van der Waals surface area contributed by atoms with Crippen LogP contribution in [0.4, 0.5) is 0 Å². The Morgan fingerprint density at radius 2 is 1.84 bits per heavy atom. The first kappa shape index (κ1) is 14.1. The largest absolute Gasteiger partial charge is 0.348 e. The Kier molecular flexibility index (Phi) is 4.59. The van der Waals surface area contributed by atoms with Crippen LogP contribution in [0.15, 0.2) is 24.3 Å². The Morgan fingerprint density at radius 1 is 1.21 bits per heavy atom. The van der Waals surface area contributed by atoms with Crippen LogP contribution < -0.4 is 10.6 Å². The molecule has 104 valence electrons. The van der Waals surface area contributed by atoms with E-state index in [-0.39, 0.29) is 18.0 Å². The van der Waals surface area contributed by atoms with Crippen molar-refractivity contribution in [2.45, 2.75) is 51.6 Å². The minimum absolute atomic E-state index is 0.00242. The lowest BCUT2D eigenvalue weighted by molar-refractivity contribution is -0.123. The number of hydrogen-bond acceptors (Lipinski definition) is 2. The summed E-state index contributed by atoms with van der Waals surface area (Å²) in [4.78, 5) is 12.0. The van der Waals surface area contributed by atoms with Crippen molar-refractivity contribution >= 4 is 5.91 Å². The summed E-state index contributed by atoms with van der Waals surface area (Å²) in [5, 5.41) is 6.31. The summed E-state index contributed by atoms with van der Waals surface area (Å²) in [6.45, 7) is 7.37. The van der Waals surface area contributed by atoms with E-state index in [1.54, 1.807) is 0 Å². The van der Waals surface area contributed by atoms with Gasteiger partial charge in [0.15, 0.2) is 0 Å². The van der Waals surface area contributed by atoms with Crippen LogP contribution >= 0.6 is 0 Å². The van der Waals surface area contributed by atoms with Crippen LogP contribution in [0.1, 0.15) is 56.7 Å². The molecule has 1 saturated heterocycles. The van der Waals surface area contributed by atoms with E-state index in [0.717, 1.165) is 24.9 Å². The Balaban J connectivity index is 1.95. The van der Waals surface area contributed by atoms with E-state index in [0.29, 0.717) is 5.92 Å². The van der Waals surface area contributed by atoms with Gasteiger partial charge in [-0.3, -0.25) is 4.79 Å². The van der Waals surface area contributed by atoms with Gasteiger partial charge in [-0.15, -0.1) is 0 Å². The van der Waals surface area contributed by atoms with Crippen LogP contribution in [0, 0.1) is 0 Å². The van der Waals surface area contributed by atoms with Crippen molar-refractivity contribution in [1.29, 1.82) is 0 Å². The van der Waals surface area contributed by atoms with Gasteiger partial charge in [0.05, 0.1) is 12.1 Å². The second-order valence-electron chi connectivity index (χ2n) is 5.70. The quantitative estimate of drug-likeness (QED) is 0.874. The first-order valence-corrected chi connectivity index (χ1v) is 7.21. The molecule has 0 bridgehead atoms. The highest BCUT2D eigenvalue weighted by molar-refractivity contribution is 5.82. The SMILES string of the molecule is CC(C)c1ccc(C(C)NC(=O)[C@@H]2CCCN2)cc1. The third-order valence-corrected chi connectivity index (χ3v) is 3.84. The molecule has 1 heterocycles. The van der Waals surface area contributed by atoms with Crippen molar-refractivity contribution in [3.63, 3.8) is 0 Å². The number of carbonyl (C=O) groups is 1. The molecular weight excluding hydrogens is 236 g/mol. The molecule has 1 fully saturated rings. The molecule has 1 aromatic rings. The molecule has 0 radical (unpaired) electrons. The highest BCUT2D eigenvalue weighted by Crippen LogP contribution is 2.19. The standard InChI is InChI=1S/C16H24N2O/c1-11(2)13-6-8-14(9-7-13)12(3)18-16(19)15-5-4-10-17-15/h6-9,11-12,15,17H,4-5,10H2,1-3H3,(H,18,19)/t12?,15-/m0/s1. The third kappa shape index (κ3) is 3.57. The molecule has 0 saturated carbocycles. The molecule has 3 heteroatoms. The first-order chi connectivity index (χ1) is 9.08. The minimum atomic E-state index is -0.00242. The van der Waals surface area contributed by atoms with E-state index in [1.807, 2.05) is 6.92 Å². The van der Waals surface area contributed by atoms with Gasteiger partial charge in [-0.2, -0.15) is 0 Å². The summed E-state index contributed by atoms with van der Waals surface area (Å²) >= 11 is 0. The van der Waals surface area contributed by atoms with Crippen LogP contribution in [-0.2, 0) is 4.79 Å². The molecule has 0 spiro atoms. The van der Waals surface area contributed by atoms with E-state index in [9.17, 15) is 4.79 Å². The van der Waals surface area contributed by atoms with Gasteiger partial charge >= 0.3 is 0 Å². The minimum Gasteiger partial charge on any atom is -0.348 e. The molecular formula is C16H24N2O. The zero-order valence-corrected chi connectivity index (χ0v) is 12.1. The average Bonchev–Trinajstić information content (AvgIpc) is 2.92. The Hall–Kier alpha value is -1.35. The van der Waals surface area contributed by atoms with Crippen LogP contribution in [0.25, 0.3) is 0 Å². The fourth-order valence-corrected chi connectivity index (χ4v) is 2.48. The highest BCUT2D eigenvalue weighted by Gasteiger charge is 2.23. The molecule has 2 rings (SSSR count). The summed E-state index contributed by atoms with van der Waals surface area (Å²) < 4.78 is 0. The fourth-order valence-electron chi connectivity index (χ4n) is 2.48. The van der Waals surface area contributed by atoms with Crippen LogP contribution in [0.5, 0.6) is 0 Å². The van der Waals surface area contributed by atoms with E-state index in [4.69, 9.17) is 0 Å². The molecule has 3 nitrogen and oxygen atoms in total. The van der Waals surface area contributed by atoms with Gasteiger partial charge in [0, 0.05) is 0 Å². The van der Waals surface area contributed by atoms with E-state index in [1.165, 1.54) is 5.56 Å². The summed E-state index contributed by atoms with van der Waals surface area (Å²) in [5.41, 5.74) is 2.50. The van der Waals surface area contributed by atoms with Crippen LogP contribution in [0.3, 0.4) is 0 Å². The van der Waals surface area contributed by atoms with E-state index >= 15 is 0 Å². The van der Waals surface area contributed by atoms with Crippen molar-refractivity contribution in [1.82, 2.24) is 10.6 Å². The smallest absolute Gasteiger partial charge is 0.237 e. The van der Waals surface area contributed by atoms with Gasteiger partial charge in [0.25, 0.3) is 0 Å². The second-order valence-corrected chi connectivity index (χ2v) is 5.70. The highest BCUT2D eigenvalue weighted by atomic mass is 16.2. The third-order valence-electron chi connectivity index (χ3n) is 3.84. The number of rotatable bonds is 4. The lowest BCUT2D eigenvalue weighted by Gasteiger charge is -2.18. The topological polar surface area (TPSA) is 41.1 Å². The van der Waals surface area contributed by atoms with Crippen molar-refractivity contribution in [2.24, 2.45) is 0 Å². The molecule has 1 aromatic carbocycles. The fraction of sp³-hybridized carbons (Fsp3) is 0.562. The maximum atomic E-state index is 12.0. The molecule has 2 N–H and O–H groups in total. The lowest BCUT2D eigenvalue weighted by atomic mass is 9.99. The predicted octanol–water partition coefficient (Wildman–Crippen LogP) is 2.74. The normalized spacial score (nSPS) is 20.5. The Labute approximate surface area is 115 Å². The second kappa shape index (κ2) is 6.20. The van der Waals surface area contributed by atoms with Crippen LogP contribution in [0.2, 0.25) is 0 Å². The zero-order chi connectivity index (χ0) is 13.8. The van der Waals surface area contributed by atoms with E-state index in [2.05, 4.69) is 48.7 Å². The van der Waals surface area contributed by atoms with Crippen molar-refractivity contribution < 1.29 is 4.79 Å². The Morgan fingerprint density at radius 3 is 2.37 bits per heavy atom. The monoisotopic (exact) mass is 260 g/mol. The maximum absolute atomic E-state index is 12.0. The van der Waals surface area contributed by atoms with E-state index < -0.39 is 0 Å². The molecule has 2 atom stereocenters. The number of nitrogens with one attached hydrogen (secondary N) is 2. The average molecular weight is 260 g/mol. The zero-order valence-electron chi connectivity index (χ0n) is 12.1. The summed E-state index contributed by atoms with van der Waals surface area (Å²) in [6.07, 6.45) is 2.04. The number of benzene rings is 1. The van der Waals surface area contributed by atoms with Crippen molar-refractivity contribution in [2.75, 3.05) is 6.54 Å². The molecule has 19 heavy (non-hydrogen) atoms. The van der Waals surface area contributed by atoms with Gasteiger partial charge in [-0.05, 0) is 43.4 Å². The molecule has 0 aromatic heterocycles. The Bertz CT molecular complexity index is 419. The van der Waals surface area contributed by atoms with Crippen molar-refractivity contribution in [3.05, 3.63) is 35.4 Å². The molecule has 1 aliphatic heterocycles. The number of amides is 1. The molecule has 0 aliphatic carbocycles. The predicted molar refractivity (Wildman–Crippen MR) is 78.1 cm³/mol. The molecule has 1 aliphatic rings. The summed E-state index contributed by atoms with van der Waals surface area (Å²) in [6, 6.07) is 8.59. The molecule has 1 amide bonds. The number of hydrogen-bond donors (Lipinski definition) is 2. The first-order valence-electron chi connectivity index (χ1n) is 7.21. The summed E-state index contributed by atoms with van der Waals surface area (Å²) in [7, 11) is 0. The maximum Gasteiger partial charge on any atom is 0.237 e. The summed E-state index contributed by atoms with van der Waals surface area (Å²) in [5.74, 6) is 0.666. The molecule has 1 unspecified atom stereocenters. The van der Waals surface area contributed by atoms with Gasteiger partial charge in [0.2, 0.25) is 5.91 Å².